The normalized spacial score (nSPS) is 10.6. The SMILES string of the molecule is Oc1cccc(N(c2ccccc2)c2ccc(N(c3ccccc3)c3cccc(O)c3)cc2)c1. The number of phenols is 2. The zero-order valence-corrected chi connectivity index (χ0v) is 18.5. The molecule has 4 nitrogen and oxygen atoms in total. The van der Waals surface area contributed by atoms with Gasteiger partial charge < -0.3 is 20.0 Å². The van der Waals surface area contributed by atoms with Gasteiger partial charge in [-0.25, -0.2) is 0 Å². The molecule has 5 rings (SSSR count). The quantitative estimate of drug-likeness (QED) is 0.278. The van der Waals surface area contributed by atoms with Crippen molar-refractivity contribution in [3.05, 3.63) is 133 Å². The van der Waals surface area contributed by atoms with Crippen molar-refractivity contribution in [2.75, 3.05) is 9.80 Å². The molecule has 0 bridgehead atoms. The first-order chi connectivity index (χ1) is 16.7. The van der Waals surface area contributed by atoms with Crippen LogP contribution in [0.5, 0.6) is 11.5 Å². The third-order valence-corrected chi connectivity index (χ3v) is 5.57. The van der Waals surface area contributed by atoms with Gasteiger partial charge in [-0.3, -0.25) is 0 Å². The number of hydrogen-bond acceptors (Lipinski definition) is 4. The van der Waals surface area contributed by atoms with E-state index in [9.17, 15) is 10.2 Å². The smallest absolute Gasteiger partial charge is 0.117 e. The van der Waals surface area contributed by atoms with Gasteiger partial charge in [0.1, 0.15) is 11.5 Å². The Labute approximate surface area is 199 Å². The van der Waals surface area contributed by atoms with Crippen LogP contribution in [0.3, 0.4) is 0 Å². The van der Waals surface area contributed by atoms with E-state index in [2.05, 4.69) is 34.1 Å². The van der Waals surface area contributed by atoms with Gasteiger partial charge in [-0.2, -0.15) is 0 Å². The fraction of sp³-hybridized carbons (Fsp3) is 0. The van der Waals surface area contributed by atoms with Gasteiger partial charge in [0.2, 0.25) is 0 Å². The minimum absolute atomic E-state index is 0.217. The molecule has 0 aliphatic rings. The topological polar surface area (TPSA) is 46.9 Å². The minimum Gasteiger partial charge on any atom is -0.508 e. The van der Waals surface area contributed by atoms with Crippen LogP contribution in [-0.4, -0.2) is 10.2 Å². The van der Waals surface area contributed by atoms with Crippen molar-refractivity contribution in [1.29, 1.82) is 0 Å². The molecule has 0 saturated carbocycles. The molecule has 0 unspecified atom stereocenters. The van der Waals surface area contributed by atoms with Crippen molar-refractivity contribution in [3.63, 3.8) is 0 Å². The second kappa shape index (κ2) is 9.43. The van der Waals surface area contributed by atoms with Gasteiger partial charge in [0.25, 0.3) is 0 Å². The number of rotatable bonds is 6. The summed E-state index contributed by atoms with van der Waals surface area (Å²) in [6.07, 6.45) is 0. The average Bonchev–Trinajstić information content (AvgIpc) is 2.87. The summed E-state index contributed by atoms with van der Waals surface area (Å²) in [4.78, 5) is 4.20. The summed E-state index contributed by atoms with van der Waals surface area (Å²) in [6.45, 7) is 0. The predicted octanol–water partition coefficient (Wildman–Crippen LogP) is 8.04. The maximum Gasteiger partial charge on any atom is 0.117 e. The predicted molar refractivity (Wildman–Crippen MR) is 139 cm³/mol. The van der Waals surface area contributed by atoms with E-state index in [-0.39, 0.29) is 11.5 Å². The molecule has 0 fully saturated rings. The molecule has 0 aliphatic carbocycles. The lowest BCUT2D eigenvalue weighted by atomic mass is 10.1. The first kappa shape index (κ1) is 21.2. The summed E-state index contributed by atoms with van der Waals surface area (Å²) in [5.74, 6) is 0.434. The highest BCUT2D eigenvalue weighted by Gasteiger charge is 2.16. The molecule has 2 N–H and O–H groups in total. The van der Waals surface area contributed by atoms with Crippen LogP contribution in [0.4, 0.5) is 34.1 Å². The Bertz CT molecular complexity index is 1260. The Morgan fingerprint density at radius 1 is 0.324 bits per heavy atom. The molecule has 0 saturated heterocycles. The number of anilines is 6. The summed E-state index contributed by atoms with van der Waals surface area (Å²) >= 11 is 0. The molecule has 166 valence electrons. The van der Waals surface area contributed by atoms with Gasteiger partial charge >= 0.3 is 0 Å². The van der Waals surface area contributed by atoms with Crippen molar-refractivity contribution in [1.82, 2.24) is 0 Å². The largest absolute Gasteiger partial charge is 0.508 e. The van der Waals surface area contributed by atoms with Crippen LogP contribution >= 0.6 is 0 Å². The summed E-state index contributed by atoms with van der Waals surface area (Å²) < 4.78 is 0. The molecule has 0 spiro atoms. The average molecular weight is 445 g/mol. The van der Waals surface area contributed by atoms with E-state index >= 15 is 0 Å². The molecule has 4 heteroatoms. The van der Waals surface area contributed by atoms with Crippen molar-refractivity contribution in [2.45, 2.75) is 0 Å². The Morgan fingerprint density at radius 2 is 0.647 bits per heavy atom. The standard InChI is InChI=1S/C30H24N2O2/c33-29-15-7-13-27(21-29)31(23-9-3-1-4-10-23)25-17-19-26(20-18-25)32(24-11-5-2-6-12-24)28-14-8-16-30(34)22-28/h1-22,33-34H. The van der Waals surface area contributed by atoms with Gasteiger partial charge in [0, 0.05) is 46.3 Å². The van der Waals surface area contributed by atoms with E-state index in [4.69, 9.17) is 0 Å². The fourth-order valence-electron chi connectivity index (χ4n) is 4.06. The number of hydrogen-bond donors (Lipinski definition) is 2. The van der Waals surface area contributed by atoms with Crippen molar-refractivity contribution < 1.29 is 10.2 Å². The van der Waals surface area contributed by atoms with Crippen LogP contribution in [0.15, 0.2) is 133 Å². The zero-order valence-electron chi connectivity index (χ0n) is 18.5. The number of para-hydroxylation sites is 2. The Kier molecular flexibility index (Phi) is 5.87. The van der Waals surface area contributed by atoms with Crippen LogP contribution in [0.1, 0.15) is 0 Å². The highest BCUT2D eigenvalue weighted by molar-refractivity contribution is 5.81. The fourth-order valence-corrected chi connectivity index (χ4v) is 4.06. The molecule has 0 radical (unpaired) electrons. The monoisotopic (exact) mass is 444 g/mol. The molecule has 5 aromatic carbocycles. The molecule has 34 heavy (non-hydrogen) atoms. The van der Waals surface area contributed by atoms with E-state index in [1.807, 2.05) is 84.9 Å². The zero-order chi connectivity index (χ0) is 23.3. The molecule has 0 atom stereocenters. The molecule has 5 aromatic rings. The maximum absolute atomic E-state index is 10.1. The van der Waals surface area contributed by atoms with E-state index < -0.39 is 0 Å². The minimum atomic E-state index is 0.217. The van der Waals surface area contributed by atoms with Gasteiger partial charge in [0.05, 0.1) is 0 Å². The maximum atomic E-state index is 10.1. The Balaban J connectivity index is 1.59. The lowest BCUT2D eigenvalue weighted by molar-refractivity contribution is 0.475. The molecule has 0 aliphatic heterocycles. The summed E-state index contributed by atoms with van der Waals surface area (Å²) in [5.41, 5.74) is 5.65. The van der Waals surface area contributed by atoms with Crippen LogP contribution in [0, 0.1) is 0 Å². The highest BCUT2D eigenvalue weighted by Crippen LogP contribution is 2.39. The van der Waals surface area contributed by atoms with Crippen molar-refractivity contribution in [3.8, 4) is 11.5 Å². The lowest BCUT2D eigenvalue weighted by Crippen LogP contribution is -2.12. The third-order valence-electron chi connectivity index (χ3n) is 5.57. The molecular formula is C30H24N2O2. The lowest BCUT2D eigenvalue weighted by Gasteiger charge is -2.28. The number of aromatic hydroxyl groups is 2. The van der Waals surface area contributed by atoms with Crippen molar-refractivity contribution >= 4 is 34.1 Å². The van der Waals surface area contributed by atoms with E-state index in [0.29, 0.717) is 0 Å². The van der Waals surface area contributed by atoms with Crippen molar-refractivity contribution in [2.24, 2.45) is 0 Å². The summed E-state index contributed by atoms with van der Waals surface area (Å²) in [6, 6.07) is 42.9. The second-order valence-electron chi connectivity index (χ2n) is 7.90. The first-order valence-corrected chi connectivity index (χ1v) is 11.1. The third kappa shape index (κ3) is 4.43. The van der Waals surface area contributed by atoms with Gasteiger partial charge in [-0.05, 0) is 72.8 Å². The summed E-state index contributed by atoms with van der Waals surface area (Å²) in [7, 11) is 0. The summed E-state index contributed by atoms with van der Waals surface area (Å²) in [5, 5.41) is 20.2. The first-order valence-electron chi connectivity index (χ1n) is 11.1. The van der Waals surface area contributed by atoms with Crippen LogP contribution in [0.2, 0.25) is 0 Å². The Morgan fingerprint density at radius 3 is 1.00 bits per heavy atom. The highest BCUT2D eigenvalue weighted by atomic mass is 16.3. The molecular weight excluding hydrogens is 420 g/mol. The van der Waals surface area contributed by atoms with Crippen LogP contribution in [-0.2, 0) is 0 Å². The van der Waals surface area contributed by atoms with E-state index in [1.165, 1.54) is 0 Å². The number of benzene rings is 5. The number of nitrogens with zero attached hydrogens (tertiary/aromatic N) is 2. The van der Waals surface area contributed by atoms with Gasteiger partial charge in [-0.1, -0.05) is 48.5 Å². The second-order valence-corrected chi connectivity index (χ2v) is 7.90. The van der Waals surface area contributed by atoms with E-state index in [0.717, 1.165) is 34.1 Å². The van der Waals surface area contributed by atoms with Crippen LogP contribution < -0.4 is 9.80 Å². The van der Waals surface area contributed by atoms with Crippen LogP contribution in [0.25, 0.3) is 0 Å². The van der Waals surface area contributed by atoms with E-state index in [1.54, 1.807) is 24.3 Å². The molecule has 0 aromatic heterocycles. The van der Waals surface area contributed by atoms with Gasteiger partial charge in [-0.15, -0.1) is 0 Å². The molecule has 0 heterocycles. The number of phenolic OH excluding ortho intramolecular Hbond substituents is 2. The van der Waals surface area contributed by atoms with Gasteiger partial charge in [0.15, 0.2) is 0 Å². The molecule has 0 amide bonds. The Hall–Kier alpha value is -4.70.